The first-order valence-corrected chi connectivity index (χ1v) is 10.9. The molecule has 8 heteroatoms. The zero-order valence-electron chi connectivity index (χ0n) is 17.1. The molecule has 0 saturated heterocycles. The van der Waals surface area contributed by atoms with Crippen LogP contribution in [-0.2, 0) is 11.9 Å². The van der Waals surface area contributed by atoms with Crippen LogP contribution in [0, 0.1) is 0 Å². The molecule has 0 aliphatic carbocycles. The second kappa shape index (κ2) is 9.08. The molecule has 4 nitrogen and oxygen atoms in total. The van der Waals surface area contributed by atoms with Gasteiger partial charge in [-0.1, -0.05) is 42.1 Å². The molecule has 0 radical (unpaired) electrons. The number of para-hydroxylation sites is 1. The summed E-state index contributed by atoms with van der Waals surface area (Å²) < 4.78 is 47.1. The number of hydrogen-bond donors (Lipinski definition) is 0. The van der Waals surface area contributed by atoms with Gasteiger partial charge in [-0.05, 0) is 55.0 Å². The molecule has 0 unspecified atom stereocenters. The molecule has 0 amide bonds. The van der Waals surface area contributed by atoms with Crippen molar-refractivity contribution in [2.24, 2.45) is 0 Å². The van der Waals surface area contributed by atoms with Crippen LogP contribution in [0.3, 0.4) is 0 Å². The molecule has 164 valence electrons. The maximum atomic E-state index is 13.4. The standard InChI is InChI=1S/C24H19F3N2O2S/c1-2-31-18-13-11-17(12-14-18)29-22(30)19-8-4-6-10-21(19)28-23(29)32-15-16-7-3-5-9-20(16)24(25,26)27/h3-14H,2,15H2,1H3. The number of nitrogens with zero attached hydrogens (tertiary/aromatic N) is 2. The number of thioether (sulfide) groups is 1. The van der Waals surface area contributed by atoms with E-state index in [0.29, 0.717) is 34.1 Å². The molecule has 3 aromatic carbocycles. The maximum absolute atomic E-state index is 13.4. The summed E-state index contributed by atoms with van der Waals surface area (Å²) in [5, 5.41) is 0.747. The van der Waals surface area contributed by atoms with Crippen molar-refractivity contribution in [3.05, 3.63) is 94.3 Å². The van der Waals surface area contributed by atoms with E-state index in [0.717, 1.165) is 17.8 Å². The van der Waals surface area contributed by atoms with Crippen molar-refractivity contribution in [3.8, 4) is 11.4 Å². The molecule has 4 rings (SSSR count). The number of fused-ring (bicyclic) bond motifs is 1. The lowest BCUT2D eigenvalue weighted by molar-refractivity contribution is -0.138. The quantitative estimate of drug-likeness (QED) is 0.260. The zero-order chi connectivity index (χ0) is 22.7. The lowest BCUT2D eigenvalue weighted by Crippen LogP contribution is -2.21. The Labute approximate surface area is 186 Å². The number of halogens is 3. The van der Waals surface area contributed by atoms with Crippen molar-refractivity contribution >= 4 is 22.7 Å². The van der Waals surface area contributed by atoms with Crippen LogP contribution in [-0.4, -0.2) is 16.2 Å². The molecule has 0 spiro atoms. The minimum Gasteiger partial charge on any atom is -0.494 e. The smallest absolute Gasteiger partial charge is 0.416 e. The Morgan fingerprint density at radius 2 is 1.66 bits per heavy atom. The van der Waals surface area contributed by atoms with Crippen molar-refractivity contribution < 1.29 is 17.9 Å². The molecule has 1 heterocycles. The van der Waals surface area contributed by atoms with Crippen molar-refractivity contribution in [1.29, 1.82) is 0 Å². The van der Waals surface area contributed by atoms with E-state index in [-0.39, 0.29) is 16.9 Å². The van der Waals surface area contributed by atoms with E-state index in [9.17, 15) is 18.0 Å². The van der Waals surface area contributed by atoms with Crippen molar-refractivity contribution in [2.75, 3.05) is 6.61 Å². The van der Waals surface area contributed by atoms with E-state index in [1.165, 1.54) is 16.7 Å². The molecule has 0 fully saturated rings. The number of benzene rings is 3. The average molecular weight is 456 g/mol. The predicted molar refractivity (Wildman–Crippen MR) is 120 cm³/mol. The van der Waals surface area contributed by atoms with Crippen LogP contribution in [0.25, 0.3) is 16.6 Å². The second-order valence-corrected chi connectivity index (χ2v) is 7.87. The molecule has 0 aliphatic rings. The highest BCUT2D eigenvalue weighted by molar-refractivity contribution is 7.98. The second-order valence-electron chi connectivity index (χ2n) is 6.92. The Morgan fingerprint density at radius 3 is 2.38 bits per heavy atom. The fourth-order valence-electron chi connectivity index (χ4n) is 3.36. The molecule has 4 aromatic rings. The van der Waals surface area contributed by atoms with Gasteiger partial charge < -0.3 is 4.74 Å². The van der Waals surface area contributed by atoms with E-state index >= 15 is 0 Å². The Balaban J connectivity index is 1.79. The SMILES string of the molecule is CCOc1ccc(-n2c(SCc3ccccc3C(F)(F)F)nc3ccccc3c2=O)cc1. The number of ether oxygens (including phenoxy) is 1. The van der Waals surface area contributed by atoms with Gasteiger partial charge in [0.1, 0.15) is 5.75 Å². The third-order valence-electron chi connectivity index (χ3n) is 4.83. The minimum absolute atomic E-state index is 0.0114. The third-order valence-corrected chi connectivity index (χ3v) is 5.82. The monoisotopic (exact) mass is 456 g/mol. The highest BCUT2D eigenvalue weighted by Gasteiger charge is 2.32. The van der Waals surface area contributed by atoms with Crippen molar-refractivity contribution in [2.45, 2.75) is 24.0 Å². The van der Waals surface area contributed by atoms with E-state index in [1.54, 1.807) is 54.6 Å². The van der Waals surface area contributed by atoms with Gasteiger partial charge in [-0.25, -0.2) is 4.98 Å². The first kappa shape index (κ1) is 22.0. The van der Waals surface area contributed by atoms with Gasteiger partial charge in [0.25, 0.3) is 5.56 Å². The van der Waals surface area contributed by atoms with E-state index in [1.807, 2.05) is 6.92 Å². The maximum Gasteiger partial charge on any atom is 0.416 e. The molecule has 32 heavy (non-hydrogen) atoms. The summed E-state index contributed by atoms with van der Waals surface area (Å²) in [5.41, 5.74) is 0.204. The van der Waals surface area contributed by atoms with E-state index < -0.39 is 11.7 Å². The average Bonchev–Trinajstić information content (AvgIpc) is 2.78. The summed E-state index contributed by atoms with van der Waals surface area (Å²) >= 11 is 1.09. The molecule has 0 atom stereocenters. The predicted octanol–water partition coefficient (Wildman–Crippen LogP) is 6.10. The number of rotatable bonds is 6. The minimum atomic E-state index is -4.46. The normalized spacial score (nSPS) is 11.6. The summed E-state index contributed by atoms with van der Waals surface area (Å²) in [5.74, 6) is 0.670. The summed E-state index contributed by atoms with van der Waals surface area (Å²) in [6.45, 7) is 2.38. The molecule has 0 saturated carbocycles. The van der Waals surface area contributed by atoms with Crippen LogP contribution in [0.5, 0.6) is 5.75 Å². The number of alkyl halides is 3. The van der Waals surface area contributed by atoms with Gasteiger partial charge in [0.15, 0.2) is 5.16 Å². The van der Waals surface area contributed by atoms with Gasteiger partial charge >= 0.3 is 6.18 Å². The largest absolute Gasteiger partial charge is 0.494 e. The van der Waals surface area contributed by atoms with Crippen molar-refractivity contribution in [3.63, 3.8) is 0 Å². The first-order chi connectivity index (χ1) is 15.4. The van der Waals surface area contributed by atoms with Gasteiger partial charge in [-0.3, -0.25) is 9.36 Å². The van der Waals surface area contributed by atoms with Crippen LogP contribution in [0.15, 0.2) is 82.7 Å². The lowest BCUT2D eigenvalue weighted by Gasteiger charge is -2.15. The molecule has 0 N–H and O–H groups in total. The Bertz CT molecular complexity index is 1300. The van der Waals surface area contributed by atoms with Crippen LogP contribution in [0.2, 0.25) is 0 Å². The van der Waals surface area contributed by atoms with Crippen LogP contribution >= 0.6 is 11.8 Å². The first-order valence-electron chi connectivity index (χ1n) is 9.91. The zero-order valence-corrected chi connectivity index (χ0v) is 17.9. The van der Waals surface area contributed by atoms with Crippen molar-refractivity contribution in [1.82, 2.24) is 9.55 Å². The molecule has 0 aliphatic heterocycles. The highest BCUT2D eigenvalue weighted by Crippen LogP contribution is 2.35. The Hall–Kier alpha value is -3.26. The summed E-state index contributed by atoms with van der Waals surface area (Å²) in [4.78, 5) is 17.9. The third kappa shape index (κ3) is 4.50. The summed E-state index contributed by atoms with van der Waals surface area (Å²) in [7, 11) is 0. The summed E-state index contributed by atoms with van der Waals surface area (Å²) in [6, 6.07) is 19.3. The topological polar surface area (TPSA) is 44.1 Å². The van der Waals surface area contributed by atoms with Crippen LogP contribution in [0.1, 0.15) is 18.1 Å². The van der Waals surface area contributed by atoms with Gasteiger partial charge in [-0.2, -0.15) is 13.2 Å². The van der Waals surface area contributed by atoms with Crippen LogP contribution in [0.4, 0.5) is 13.2 Å². The number of aromatic nitrogens is 2. The Morgan fingerprint density at radius 1 is 0.969 bits per heavy atom. The Kier molecular flexibility index (Phi) is 6.23. The van der Waals surface area contributed by atoms with E-state index in [2.05, 4.69) is 4.98 Å². The molecule has 0 bridgehead atoms. The van der Waals surface area contributed by atoms with Gasteiger partial charge in [0.05, 0.1) is 28.8 Å². The molecule has 1 aromatic heterocycles. The molecular weight excluding hydrogens is 437 g/mol. The fourth-order valence-corrected chi connectivity index (χ4v) is 4.38. The van der Waals surface area contributed by atoms with Gasteiger partial charge in [0.2, 0.25) is 0 Å². The van der Waals surface area contributed by atoms with E-state index in [4.69, 9.17) is 4.74 Å². The highest BCUT2D eigenvalue weighted by atomic mass is 32.2. The van der Waals surface area contributed by atoms with Crippen LogP contribution < -0.4 is 10.3 Å². The van der Waals surface area contributed by atoms with Gasteiger partial charge in [0, 0.05) is 5.75 Å². The number of hydrogen-bond acceptors (Lipinski definition) is 4. The summed E-state index contributed by atoms with van der Waals surface area (Å²) in [6.07, 6.45) is -4.46. The lowest BCUT2D eigenvalue weighted by atomic mass is 10.1. The molecular formula is C24H19F3N2O2S. The van der Waals surface area contributed by atoms with Gasteiger partial charge in [-0.15, -0.1) is 0 Å². The fraction of sp³-hybridized carbons (Fsp3) is 0.167.